The molecule has 1 fully saturated rings. The molecule has 3 nitrogen and oxygen atoms in total. The van der Waals surface area contributed by atoms with Crippen LogP contribution in [0.1, 0.15) is 30.0 Å². The maximum Gasteiger partial charge on any atom is 0.177 e. The molecular formula is C29H25O3. The fourth-order valence-corrected chi connectivity index (χ4v) is 3.82. The molecule has 5 radical (unpaired) electrons. The molecule has 1 aliphatic carbocycles. The fraction of sp³-hybridized carbons (Fsp3) is 0.103. The molecule has 0 heterocycles. The number of rotatable bonds is 8. The second-order valence-corrected chi connectivity index (χ2v) is 7.53. The van der Waals surface area contributed by atoms with Crippen LogP contribution in [0.5, 0.6) is 11.5 Å². The van der Waals surface area contributed by atoms with E-state index in [1.54, 1.807) is 25.0 Å². The summed E-state index contributed by atoms with van der Waals surface area (Å²) < 4.78 is 5.72. The Morgan fingerprint density at radius 2 is 1.38 bits per heavy atom. The Labute approximate surface area is 190 Å². The number of phenolic OH excluding ortho intramolecular Hbond substituents is 1. The average Bonchev–Trinajstić information content (AvgIpc) is 3.38. The Bertz CT molecular complexity index is 1060. The monoisotopic (exact) mass is 421 g/mol. The van der Waals surface area contributed by atoms with Crippen molar-refractivity contribution in [1.82, 2.24) is 0 Å². The van der Waals surface area contributed by atoms with Gasteiger partial charge in [-0.2, -0.15) is 0 Å². The number of ether oxygens (including phenoxy) is 1. The van der Waals surface area contributed by atoms with Gasteiger partial charge in [0.2, 0.25) is 0 Å². The molecule has 0 bridgehead atoms. The van der Waals surface area contributed by atoms with E-state index in [1.807, 2.05) is 67.4 Å². The Kier molecular flexibility index (Phi) is 7.06. The maximum atomic E-state index is 12.2. The highest BCUT2D eigenvalue weighted by Crippen LogP contribution is 2.35. The van der Waals surface area contributed by atoms with Gasteiger partial charge in [-0.05, 0) is 84.2 Å². The molecule has 0 unspecified atom stereocenters. The van der Waals surface area contributed by atoms with Gasteiger partial charge < -0.3 is 9.84 Å². The molecule has 0 aromatic heterocycles. The number of hydrogen-bond donors (Lipinski definition) is 1. The van der Waals surface area contributed by atoms with Crippen LogP contribution in [0.2, 0.25) is 0 Å². The van der Waals surface area contributed by atoms with Crippen molar-refractivity contribution in [3.05, 3.63) is 127 Å². The third-order valence-electron chi connectivity index (χ3n) is 5.43. The molecule has 32 heavy (non-hydrogen) atoms. The standard InChI is InChI=1S/C29H25O3/c1-2-27(21-12-16-25(30)17-13-21)29(23-10-4-3-5-11-23)24-14-18-26(19-15-24)32-20-28(31)22-8-6-7-9-22/h3-19,30H,2,20H2,1H3/b29-27-. The third-order valence-corrected chi connectivity index (χ3v) is 5.43. The van der Waals surface area contributed by atoms with Gasteiger partial charge in [-0.1, -0.05) is 61.5 Å². The van der Waals surface area contributed by atoms with Crippen molar-refractivity contribution in [2.24, 2.45) is 0 Å². The molecule has 1 saturated carbocycles. The summed E-state index contributed by atoms with van der Waals surface area (Å²) in [6.07, 6.45) is 8.11. The quantitative estimate of drug-likeness (QED) is 0.446. The molecule has 0 atom stereocenters. The van der Waals surface area contributed by atoms with Crippen molar-refractivity contribution < 1.29 is 14.6 Å². The summed E-state index contributed by atoms with van der Waals surface area (Å²) in [6, 6.07) is 25.5. The fourth-order valence-electron chi connectivity index (χ4n) is 3.82. The van der Waals surface area contributed by atoms with Crippen molar-refractivity contribution in [1.29, 1.82) is 0 Å². The Morgan fingerprint density at radius 1 is 0.781 bits per heavy atom. The molecule has 0 aliphatic heterocycles. The van der Waals surface area contributed by atoms with Crippen LogP contribution in [-0.2, 0) is 4.79 Å². The molecule has 1 aliphatic rings. The number of ketones is 1. The number of phenols is 1. The van der Waals surface area contributed by atoms with Gasteiger partial charge in [0.15, 0.2) is 5.78 Å². The first-order valence-corrected chi connectivity index (χ1v) is 10.7. The number of hydrogen-bond acceptors (Lipinski definition) is 3. The van der Waals surface area contributed by atoms with Crippen molar-refractivity contribution >= 4 is 16.9 Å². The summed E-state index contributed by atoms with van der Waals surface area (Å²) in [5.41, 5.74) is 5.59. The summed E-state index contributed by atoms with van der Waals surface area (Å²) in [4.78, 5) is 12.2. The van der Waals surface area contributed by atoms with E-state index in [-0.39, 0.29) is 18.1 Å². The van der Waals surface area contributed by atoms with Crippen LogP contribution < -0.4 is 4.74 Å². The molecule has 3 aromatic rings. The van der Waals surface area contributed by atoms with E-state index >= 15 is 0 Å². The van der Waals surface area contributed by atoms with Crippen LogP contribution in [0, 0.1) is 31.6 Å². The predicted octanol–water partition coefficient (Wildman–Crippen LogP) is 6.11. The zero-order chi connectivity index (χ0) is 22.3. The normalized spacial score (nSPS) is 14.8. The second kappa shape index (κ2) is 10.3. The van der Waals surface area contributed by atoms with E-state index in [0.717, 1.165) is 28.7 Å². The van der Waals surface area contributed by atoms with Gasteiger partial charge in [0, 0.05) is 0 Å². The number of benzene rings is 3. The van der Waals surface area contributed by atoms with E-state index in [4.69, 9.17) is 4.74 Å². The maximum absolute atomic E-state index is 12.2. The third kappa shape index (κ3) is 5.11. The second-order valence-electron chi connectivity index (χ2n) is 7.53. The highest BCUT2D eigenvalue weighted by atomic mass is 16.5. The van der Waals surface area contributed by atoms with Gasteiger partial charge >= 0.3 is 0 Å². The predicted molar refractivity (Wildman–Crippen MR) is 128 cm³/mol. The molecule has 1 N–H and O–H groups in total. The summed E-state index contributed by atoms with van der Waals surface area (Å²) >= 11 is 0. The first-order valence-electron chi connectivity index (χ1n) is 10.7. The molecular weight excluding hydrogens is 396 g/mol. The van der Waals surface area contributed by atoms with Gasteiger partial charge in [-0.15, -0.1) is 0 Å². The minimum absolute atomic E-state index is 0.0124. The topological polar surface area (TPSA) is 46.5 Å². The molecule has 0 saturated heterocycles. The lowest BCUT2D eigenvalue weighted by Crippen LogP contribution is -2.18. The zero-order valence-electron chi connectivity index (χ0n) is 18.0. The van der Waals surface area contributed by atoms with Gasteiger partial charge in [-0.3, -0.25) is 4.79 Å². The highest BCUT2D eigenvalue weighted by molar-refractivity contribution is 5.99. The number of allylic oxidation sites excluding steroid dienone is 1. The van der Waals surface area contributed by atoms with Gasteiger partial charge in [0.25, 0.3) is 0 Å². The smallest absolute Gasteiger partial charge is 0.177 e. The SMILES string of the molecule is CC/C(=C(\c1ccccc1)c1ccc(OCC(=O)[C]2[CH][CH][CH][CH]2)cc1)c1ccc(O)cc1. The molecule has 3 aromatic carbocycles. The Hall–Kier alpha value is -3.33. The van der Waals surface area contributed by atoms with E-state index in [2.05, 4.69) is 19.1 Å². The van der Waals surface area contributed by atoms with Crippen LogP contribution in [0.25, 0.3) is 11.1 Å². The van der Waals surface area contributed by atoms with Crippen LogP contribution in [-0.4, -0.2) is 17.5 Å². The van der Waals surface area contributed by atoms with Crippen molar-refractivity contribution in [3.8, 4) is 11.5 Å². The lowest BCUT2D eigenvalue weighted by atomic mass is 9.88. The van der Waals surface area contributed by atoms with E-state index < -0.39 is 0 Å². The van der Waals surface area contributed by atoms with E-state index in [9.17, 15) is 9.90 Å². The van der Waals surface area contributed by atoms with Crippen LogP contribution >= 0.6 is 0 Å². The summed E-state index contributed by atoms with van der Waals surface area (Å²) in [5.74, 6) is 1.54. The Balaban J connectivity index is 1.63. The first-order chi connectivity index (χ1) is 15.7. The van der Waals surface area contributed by atoms with Crippen LogP contribution in [0.3, 0.4) is 0 Å². The molecule has 159 valence electrons. The molecule has 0 amide bonds. The van der Waals surface area contributed by atoms with Crippen molar-refractivity contribution in [2.75, 3.05) is 6.61 Å². The van der Waals surface area contributed by atoms with Crippen molar-refractivity contribution in [3.63, 3.8) is 0 Å². The number of aromatic hydroxyl groups is 1. The summed E-state index contributed by atoms with van der Waals surface area (Å²) in [5, 5.41) is 9.71. The number of Topliss-reactive ketones (excluding diaryl/α,β-unsaturated/α-hetero) is 1. The molecule has 3 heteroatoms. The van der Waals surface area contributed by atoms with Crippen LogP contribution in [0.4, 0.5) is 0 Å². The van der Waals surface area contributed by atoms with E-state index in [0.29, 0.717) is 11.7 Å². The minimum Gasteiger partial charge on any atom is -0.508 e. The number of carbonyl (C=O) groups excluding carboxylic acids is 1. The summed E-state index contributed by atoms with van der Waals surface area (Å²) in [6.45, 7) is 2.15. The number of carbonyl (C=O) groups is 1. The van der Waals surface area contributed by atoms with Crippen molar-refractivity contribution in [2.45, 2.75) is 13.3 Å². The average molecular weight is 422 g/mol. The van der Waals surface area contributed by atoms with Gasteiger partial charge in [0.1, 0.15) is 18.1 Å². The van der Waals surface area contributed by atoms with E-state index in [1.165, 1.54) is 5.57 Å². The molecule has 0 spiro atoms. The lowest BCUT2D eigenvalue weighted by molar-refractivity contribution is -0.118. The lowest BCUT2D eigenvalue weighted by Gasteiger charge is -2.17. The minimum atomic E-state index is -0.0375. The van der Waals surface area contributed by atoms with Crippen LogP contribution in [0.15, 0.2) is 78.9 Å². The summed E-state index contributed by atoms with van der Waals surface area (Å²) in [7, 11) is 0. The van der Waals surface area contributed by atoms with Gasteiger partial charge in [-0.25, -0.2) is 0 Å². The van der Waals surface area contributed by atoms with Gasteiger partial charge in [0.05, 0.1) is 5.92 Å². The largest absolute Gasteiger partial charge is 0.508 e. The highest BCUT2D eigenvalue weighted by Gasteiger charge is 2.24. The first kappa shape index (κ1) is 21.9. The zero-order valence-corrected chi connectivity index (χ0v) is 18.0. The Morgan fingerprint density at radius 3 is 2.00 bits per heavy atom. The molecule has 4 rings (SSSR count).